The fourth-order valence-electron chi connectivity index (χ4n) is 2.71. The number of carbonyl (C=O) groups excluding carboxylic acids is 1. The molecule has 1 amide bonds. The van der Waals surface area contributed by atoms with Gasteiger partial charge in [-0.15, -0.1) is 11.3 Å². The predicted octanol–water partition coefficient (Wildman–Crippen LogP) is 3.57. The predicted molar refractivity (Wildman–Crippen MR) is 107 cm³/mol. The largest absolute Gasteiger partial charge is 0.340 e. The third-order valence-corrected chi connectivity index (χ3v) is 6.46. The van der Waals surface area contributed by atoms with Crippen LogP contribution < -0.4 is 10.0 Å². The van der Waals surface area contributed by atoms with Crippen molar-refractivity contribution in [3.8, 4) is 0 Å². The molecule has 1 heterocycles. The van der Waals surface area contributed by atoms with E-state index in [0.29, 0.717) is 5.56 Å². The molecular weight excluding hydrogens is 380 g/mol. The van der Waals surface area contributed by atoms with Gasteiger partial charge in [-0.2, -0.15) is 0 Å². The number of thiophene rings is 1. The molecule has 0 saturated carbocycles. The van der Waals surface area contributed by atoms with Crippen molar-refractivity contribution in [3.05, 3.63) is 88.1 Å². The van der Waals surface area contributed by atoms with Crippen LogP contribution >= 0.6 is 11.3 Å². The van der Waals surface area contributed by atoms with E-state index in [0.717, 1.165) is 10.4 Å². The van der Waals surface area contributed by atoms with E-state index < -0.39 is 10.0 Å². The quantitative estimate of drug-likeness (QED) is 0.637. The fourth-order valence-corrected chi connectivity index (χ4v) is 4.60. The van der Waals surface area contributed by atoms with E-state index in [9.17, 15) is 13.2 Å². The van der Waals surface area contributed by atoms with Crippen molar-refractivity contribution in [1.82, 2.24) is 10.0 Å². The van der Waals surface area contributed by atoms with E-state index in [2.05, 4.69) is 10.0 Å². The molecule has 2 N–H and O–H groups in total. The summed E-state index contributed by atoms with van der Waals surface area (Å²) in [4.78, 5) is 13.9. The zero-order valence-corrected chi connectivity index (χ0v) is 16.4. The van der Waals surface area contributed by atoms with E-state index in [4.69, 9.17) is 0 Å². The minimum absolute atomic E-state index is 0.0735. The van der Waals surface area contributed by atoms with Crippen LogP contribution in [0.3, 0.4) is 0 Å². The fraction of sp³-hybridized carbons (Fsp3) is 0.150. The van der Waals surface area contributed by atoms with Gasteiger partial charge in [0.1, 0.15) is 0 Å². The molecule has 0 radical (unpaired) electrons. The maximum absolute atomic E-state index is 12.8. The van der Waals surface area contributed by atoms with Crippen LogP contribution in [0, 0.1) is 0 Å². The van der Waals surface area contributed by atoms with Gasteiger partial charge in [0.2, 0.25) is 10.0 Å². The van der Waals surface area contributed by atoms with Crippen molar-refractivity contribution in [1.29, 1.82) is 0 Å². The first-order valence-corrected chi connectivity index (χ1v) is 10.9. The molecule has 0 saturated heterocycles. The van der Waals surface area contributed by atoms with Crippen LogP contribution in [0.1, 0.15) is 33.8 Å². The topological polar surface area (TPSA) is 75.3 Å². The molecule has 7 heteroatoms. The van der Waals surface area contributed by atoms with Gasteiger partial charge in [-0.25, -0.2) is 13.1 Å². The lowest BCUT2D eigenvalue weighted by atomic mass is 10.0. The molecule has 1 atom stereocenters. The van der Waals surface area contributed by atoms with Gasteiger partial charge in [0.05, 0.1) is 10.9 Å². The van der Waals surface area contributed by atoms with Gasteiger partial charge < -0.3 is 5.32 Å². The molecule has 3 aromatic rings. The molecule has 0 aliphatic rings. The number of sulfonamides is 1. The Kier molecular flexibility index (Phi) is 6.05. The van der Waals surface area contributed by atoms with Gasteiger partial charge in [-0.3, -0.25) is 4.79 Å². The average molecular weight is 401 g/mol. The van der Waals surface area contributed by atoms with Gasteiger partial charge in [-0.05, 0) is 35.2 Å². The molecular formula is C20H20N2O3S2. The number of amides is 1. The van der Waals surface area contributed by atoms with Crippen molar-refractivity contribution in [2.24, 2.45) is 0 Å². The Morgan fingerprint density at radius 3 is 2.48 bits per heavy atom. The monoisotopic (exact) mass is 400 g/mol. The summed E-state index contributed by atoms with van der Waals surface area (Å²) in [6, 6.07) is 19.3. The van der Waals surface area contributed by atoms with Crippen molar-refractivity contribution < 1.29 is 13.2 Å². The molecule has 140 valence electrons. The molecule has 2 aromatic carbocycles. The van der Waals surface area contributed by atoms with E-state index >= 15 is 0 Å². The van der Waals surface area contributed by atoms with Gasteiger partial charge in [0.25, 0.3) is 5.91 Å². The van der Waals surface area contributed by atoms with Crippen LogP contribution in [0.4, 0.5) is 0 Å². The summed E-state index contributed by atoms with van der Waals surface area (Å²) in [5.74, 6) is -0.328. The summed E-state index contributed by atoms with van der Waals surface area (Å²) in [7, 11) is -3.62. The highest BCUT2D eigenvalue weighted by Crippen LogP contribution is 2.26. The Bertz CT molecular complexity index is 1000. The Morgan fingerprint density at radius 2 is 1.81 bits per heavy atom. The van der Waals surface area contributed by atoms with Crippen LogP contribution in [-0.2, 0) is 10.0 Å². The van der Waals surface area contributed by atoms with Crippen LogP contribution in [0.25, 0.3) is 0 Å². The molecule has 0 aliphatic heterocycles. The van der Waals surface area contributed by atoms with E-state index in [1.54, 1.807) is 30.4 Å². The lowest BCUT2D eigenvalue weighted by molar-refractivity contribution is 0.0943. The van der Waals surface area contributed by atoms with Crippen LogP contribution in [0.15, 0.2) is 77.0 Å². The first-order chi connectivity index (χ1) is 13.0. The second-order valence-corrected chi connectivity index (χ2v) is 8.61. The lowest BCUT2D eigenvalue weighted by Gasteiger charge is -2.18. The molecule has 1 aromatic heterocycles. The number of hydrogen-bond acceptors (Lipinski definition) is 4. The smallest absolute Gasteiger partial charge is 0.252 e. The van der Waals surface area contributed by atoms with E-state index in [1.807, 2.05) is 47.8 Å². The zero-order chi connectivity index (χ0) is 19.3. The number of benzene rings is 2. The maximum atomic E-state index is 12.8. The SMILES string of the molecule is CCNS(=O)(=O)c1cccc(C(=O)NC(c2ccccc2)c2cccs2)c1. The van der Waals surface area contributed by atoms with Crippen molar-refractivity contribution in [2.45, 2.75) is 17.9 Å². The molecule has 0 fully saturated rings. The zero-order valence-electron chi connectivity index (χ0n) is 14.8. The van der Waals surface area contributed by atoms with Gasteiger partial charge in [-0.1, -0.05) is 49.4 Å². The van der Waals surface area contributed by atoms with Gasteiger partial charge >= 0.3 is 0 Å². The highest BCUT2D eigenvalue weighted by atomic mass is 32.2. The molecule has 0 bridgehead atoms. The van der Waals surface area contributed by atoms with Crippen molar-refractivity contribution >= 4 is 27.3 Å². The molecule has 1 unspecified atom stereocenters. The van der Waals surface area contributed by atoms with Crippen LogP contribution in [-0.4, -0.2) is 20.9 Å². The van der Waals surface area contributed by atoms with Crippen LogP contribution in [0.5, 0.6) is 0 Å². The number of nitrogens with one attached hydrogen (secondary N) is 2. The summed E-state index contributed by atoms with van der Waals surface area (Å²) >= 11 is 1.56. The molecule has 5 nitrogen and oxygen atoms in total. The highest BCUT2D eigenvalue weighted by Gasteiger charge is 2.20. The second kappa shape index (κ2) is 8.47. The van der Waals surface area contributed by atoms with Gasteiger partial charge in [0, 0.05) is 17.0 Å². The summed E-state index contributed by atoms with van der Waals surface area (Å²) in [6.07, 6.45) is 0. The Balaban J connectivity index is 1.89. The summed E-state index contributed by atoms with van der Waals surface area (Å²) in [6.45, 7) is 1.99. The minimum Gasteiger partial charge on any atom is -0.340 e. The standard InChI is InChI=1S/C20H20N2O3S2/c1-2-21-27(24,25)17-11-6-10-16(14-17)20(23)22-19(18-12-7-13-26-18)15-8-4-3-5-9-15/h3-14,19,21H,2H2,1H3,(H,22,23). The molecule has 0 spiro atoms. The maximum Gasteiger partial charge on any atom is 0.252 e. The van der Waals surface area contributed by atoms with Crippen molar-refractivity contribution in [2.75, 3.05) is 6.54 Å². The highest BCUT2D eigenvalue weighted by molar-refractivity contribution is 7.89. The third kappa shape index (κ3) is 4.63. The first kappa shape index (κ1) is 19.3. The summed E-state index contributed by atoms with van der Waals surface area (Å²) in [5, 5.41) is 4.98. The first-order valence-electron chi connectivity index (χ1n) is 8.50. The number of carbonyl (C=O) groups is 1. The van der Waals surface area contributed by atoms with E-state index in [1.165, 1.54) is 12.1 Å². The molecule has 3 rings (SSSR count). The third-order valence-electron chi connectivity index (χ3n) is 3.98. The Labute approximate surface area is 163 Å². The number of rotatable bonds is 7. The average Bonchev–Trinajstić information content (AvgIpc) is 3.21. The Hall–Kier alpha value is -2.48. The van der Waals surface area contributed by atoms with Gasteiger partial charge in [0.15, 0.2) is 0 Å². The summed E-state index contributed by atoms with van der Waals surface area (Å²) in [5.41, 5.74) is 1.26. The minimum atomic E-state index is -3.62. The second-order valence-electron chi connectivity index (χ2n) is 5.86. The summed E-state index contributed by atoms with van der Waals surface area (Å²) < 4.78 is 26.8. The normalized spacial score (nSPS) is 12.5. The Morgan fingerprint density at radius 1 is 1.04 bits per heavy atom. The lowest BCUT2D eigenvalue weighted by Crippen LogP contribution is -2.29. The molecule has 27 heavy (non-hydrogen) atoms. The van der Waals surface area contributed by atoms with E-state index in [-0.39, 0.29) is 23.4 Å². The van der Waals surface area contributed by atoms with Crippen LogP contribution in [0.2, 0.25) is 0 Å². The molecule has 0 aliphatic carbocycles. The number of hydrogen-bond donors (Lipinski definition) is 2. The van der Waals surface area contributed by atoms with Crippen molar-refractivity contribution in [3.63, 3.8) is 0 Å².